The van der Waals surface area contributed by atoms with Crippen molar-refractivity contribution in [3.8, 4) is 0 Å². The van der Waals surface area contributed by atoms with Gasteiger partial charge in [-0.2, -0.15) is 0 Å². The maximum Gasteiger partial charge on any atom is 0.255 e. The van der Waals surface area contributed by atoms with Crippen molar-refractivity contribution in [2.75, 3.05) is 10.6 Å². The summed E-state index contributed by atoms with van der Waals surface area (Å²) < 4.78 is 0. The number of amides is 2. The first kappa shape index (κ1) is 21.6. The largest absolute Gasteiger partial charge is 0.332 e. The van der Waals surface area contributed by atoms with Crippen molar-refractivity contribution in [1.82, 2.24) is 5.32 Å². The van der Waals surface area contributed by atoms with Gasteiger partial charge in [0.05, 0.1) is 0 Å². The summed E-state index contributed by atoms with van der Waals surface area (Å²) in [6.07, 6.45) is 0. The molecule has 0 aliphatic rings. The molecule has 0 aromatic heterocycles. The zero-order chi connectivity index (χ0) is 20.9. The van der Waals surface area contributed by atoms with Gasteiger partial charge >= 0.3 is 0 Å². The van der Waals surface area contributed by atoms with Crippen LogP contribution in [0.5, 0.6) is 0 Å². The van der Waals surface area contributed by atoms with Gasteiger partial charge in [0.2, 0.25) is 5.91 Å². The third kappa shape index (κ3) is 6.16. The SMILES string of the molecule is CC(C)C(=O)NC(=S)Nc1cccc(NC(=O)c2ccc(C(C)(C)C)cc2)c1. The lowest BCUT2D eigenvalue weighted by molar-refractivity contribution is -0.122. The molecule has 0 atom stereocenters. The number of anilines is 2. The Bertz CT molecular complexity index is 868. The lowest BCUT2D eigenvalue weighted by Gasteiger charge is -2.19. The van der Waals surface area contributed by atoms with Crippen LogP contribution in [0.15, 0.2) is 48.5 Å². The minimum atomic E-state index is -0.187. The molecule has 0 aliphatic carbocycles. The molecule has 0 saturated carbocycles. The standard InChI is InChI=1S/C22H27N3O2S/c1-14(2)19(26)25-21(28)24-18-8-6-7-17(13-18)23-20(27)15-9-11-16(12-10-15)22(3,4)5/h6-14H,1-5H3,(H,23,27)(H2,24,25,26,28). The molecule has 0 aliphatic heterocycles. The van der Waals surface area contributed by atoms with E-state index in [0.717, 1.165) is 0 Å². The molecule has 0 spiro atoms. The van der Waals surface area contributed by atoms with Gasteiger partial charge in [0, 0.05) is 22.9 Å². The Labute approximate surface area is 171 Å². The second kappa shape index (κ2) is 8.97. The molecule has 0 unspecified atom stereocenters. The molecule has 3 N–H and O–H groups in total. The molecule has 0 radical (unpaired) electrons. The molecular weight excluding hydrogens is 370 g/mol. The summed E-state index contributed by atoms with van der Waals surface area (Å²) in [7, 11) is 0. The smallest absolute Gasteiger partial charge is 0.255 e. The van der Waals surface area contributed by atoms with E-state index in [0.29, 0.717) is 16.9 Å². The number of carbonyl (C=O) groups is 2. The first-order valence-corrected chi connectivity index (χ1v) is 9.61. The second-order valence-corrected chi connectivity index (χ2v) is 8.37. The number of hydrogen-bond acceptors (Lipinski definition) is 3. The van der Waals surface area contributed by atoms with E-state index >= 15 is 0 Å². The lowest BCUT2D eigenvalue weighted by Crippen LogP contribution is -2.36. The minimum absolute atomic E-state index is 0.0401. The molecule has 148 valence electrons. The molecule has 6 heteroatoms. The summed E-state index contributed by atoms with van der Waals surface area (Å²) in [5.41, 5.74) is 3.11. The van der Waals surface area contributed by atoms with Gasteiger partial charge < -0.3 is 16.0 Å². The number of carbonyl (C=O) groups excluding carboxylic acids is 2. The summed E-state index contributed by atoms with van der Waals surface area (Å²) in [5, 5.41) is 8.68. The summed E-state index contributed by atoms with van der Waals surface area (Å²) in [4.78, 5) is 24.2. The van der Waals surface area contributed by atoms with Crippen molar-refractivity contribution >= 4 is 40.5 Å². The van der Waals surface area contributed by atoms with Crippen LogP contribution < -0.4 is 16.0 Å². The Morgan fingerprint density at radius 1 is 0.929 bits per heavy atom. The fourth-order valence-electron chi connectivity index (χ4n) is 2.42. The molecule has 5 nitrogen and oxygen atoms in total. The van der Waals surface area contributed by atoms with Crippen molar-refractivity contribution in [3.63, 3.8) is 0 Å². The average Bonchev–Trinajstić information content (AvgIpc) is 2.61. The van der Waals surface area contributed by atoms with Crippen molar-refractivity contribution in [2.24, 2.45) is 5.92 Å². The number of nitrogens with one attached hydrogen (secondary N) is 3. The van der Waals surface area contributed by atoms with Gasteiger partial charge in [0.15, 0.2) is 5.11 Å². The van der Waals surface area contributed by atoms with Crippen LogP contribution in [0.25, 0.3) is 0 Å². The van der Waals surface area contributed by atoms with Crippen LogP contribution in [-0.4, -0.2) is 16.9 Å². The average molecular weight is 398 g/mol. The van der Waals surface area contributed by atoms with Gasteiger partial charge in [-0.25, -0.2) is 0 Å². The first-order chi connectivity index (χ1) is 13.1. The van der Waals surface area contributed by atoms with Crippen molar-refractivity contribution in [2.45, 2.75) is 40.0 Å². The Kier molecular flexibility index (Phi) is 6.91. The van der Waals surface area contributed by atoms with Crippen LogP contribution in [-0.2, 0) is 10.2 Å². The Hall–Kier alpha value is -2.73. The van der Waals surface area contributed by atoms with E-state index in [4.69, 9.17) is 12.2 Å². The van der Waals surface area contributed by atoms with Crippen LogP contribution >= 0.6 is 12.2 Å². The Morgan fingerprint density at radius 3 is 2.04 bits per heavy atom. The van der Waals surface area contributed by atoms with Gasteiger partial charge in [-0.15, -0.1) is 0 Å². The van der Waals surface area contributed by atoms with Gasteiger partial charge in [-0.05, 0) is 53.5 Å². The van der Waals surface area contributed by atoms with Crippen LogP contribution in [0.1, 0.15) is 50.5 Å². The van der Waals surface area contributed by atoms with E-state index in [1.54, 1.807) is 32.0 Å². The van der Waals surface area contributed by atoms with E-state index < -0.39 is 0 Å². The van der Waals surface area contributed by atoms with Gasteiger partial charge in [-0.1, -0.05) is 52.8 Å². The number of rotatable bonds is 4. The highest BCUT2D eigenvalue weighted by molar-refractivity contribution is 7.80. The predicted octanol–water partition coefficient (Wildman–Crippen LogP) is 4.71. The molecule has 2 aromatic carbocycles. The second-order valence-electron chi connectivity index (χ2n) is 7.96. The Balaban J connectivity index is 2.03. The molecule has 0 bridgehead atoms. The minimum Gasteiger partial charge on any atom is -0.332 e. The molecule has 0 heterocycles. The monoisotopic (exact) mass is 397 g/mol. The van der Waals surface area contributed by atoms with Crippen LogP contribution in [0.3, 0.4) is 0 Å². The molecule has 28 heavy (non-hydrogen) atoms. The summed E-state index contributed by atoms with van der Waals surface area (Å²) >= 11 is 5.15. The van der Waals surface area contributed by atoms with E-state index in [9.17, 15) is 9.59 Å². The topological polar surface area (TPSA) is 70.2 Å². The molecule has 2 rings (SSSR count). The van der Waals surface area contributed by atoms with E-state index in [2.05, 4.69) is 36.7 Å². The van der Waals surface area contributed by atoms with E-state index in [1.165, 1.54) is 5.56 Å². The first-order valence-electron chi connectivity index (χ1n) is 9.20. The van der Waals surface area contributed by atoms with E-state index in [-0.39, 0.29) is 28.3 Å². The maximum absolute atomic E-state index is 12.5. The lowest BCUT2D eigenvalue weighted by atomic mass is 9.87. The summed E-state index contributed by atoms with van der Waals surface area (Å²) in [5.74, 6) is -0.496. The maximum atomic E-state index is 12.5. The van der Waals surface area contributed by atoms with Gasteiger partial charge in [0.1, 0.15) is 0 Å². The van der Waals surface area contributed by atoms with Gasteiger partial charge in [-0.3, -0.25) is 9.59 Å². The molecule has 0 fully saturated rings. The predicted molar refractivity (Wildman–Crippen MR) is 119 cm³/mol. The fourth-order valence-corrected chi connectivity index (χ4v) is 2.64. The van der Waals surface area contributed by atoms with Crippen molar-refractivity contribution in [1.29, 1.82) is 0 Å². The third-order valence-corrected chi connectivity index (χ3v) is 4.36. The zero-order valence-corrected chi connectivity index (χ0v) is 17.7. The Morgan fingerprint density at radius 2 is 1.50 bits per heavy atom. The van der Waals surface area contributed by atoms with Crippen molar-refractivity contribution in [3.05, 3.63) is 59.7 Å². The van der Waals surface area contributed by atoms with Crippen molar-refractivity contribution < 1.29 is 9.59 Å². The molecular formula is C22H27N3O2S. The quantitative estimate of drug-likeness (QED) is 0.654. The van der Waals surface area contributed by atoms with E-state index in [1.807, 2.05) is 30.3 Å². The highest BCUT2D eigenvalue weighted by Crippen LogP contribution is 2.22. The van der Waals surface area contributed by atoms with Crippen LogP contribution in [0.4, 0.5) is 11.4 Å². The summed E-state index contributed by atoms with van der Waals surface area (Å²) in [6, 6.07) is 14.8. The number of benzene rings is 2. The van der Waals surface area contributed by atoms with Gasteiger partial charge in [0.25, 0.3) is 5.91 Å². The third-order valence-electron chi connectivity index (χ3n) is 4.15. The number of hydrogen-bond donors (Lipinski definition) is 3. The molecule has 2 amide bonds. The number of thiocarbonyl (C=S) groups is 1. The van der Waals surface area contributed by atoms with Crippen LogP contribution in [0.2, 0.25) is 0 Å². The highest BCUT2D eigenvalue weighted by Gasteiger charge is 2.14. The molecule has 2 aromatic rings. The zero-order valence-electron chi connectivity index (χ0n) is 16.9. The fraction of sp³-hybridized carbons (Fsp3) is 0.318. The normalized spacial score (nSPS) is 11.1. The highest BCUT2D eigenvalue weighted by atomic mass is 32.1. The summed E-state index contributed by atoms with van der Waals surface area (Å²) in [6.45, 7) is 9.99. The molecule has 0 saturated heterocycles. The van der Waals surface area contributed by atoms with Crippen LogP contribution in [0, 0.1) is 5.92 Å².